The van der Waals surface area contributed by atoms with E-state index in [-0.39, 0.29) is 18.1 Å². The molecule has 0 bridgehead atoms. The Hall–Kier alpha value is -1.75. The number of amides is 1. The first-order chi connectivity index (χ1) is 11.6. The van der Waals surface area contributed by atoms with Crippen molar-refractivity contribution in [3.63, 3.8) is 0 Å². The Labute approximate surface area is 144 Å². The summed E-state index contributed by atoms with van der Waals surface area (Å²) in [5.74, 6) is 1.99. The fourth-order valence-electron chi connectivity index (χ4n) is 3.55. The minimum Gasteiger partial charge on any atom is -0.496 e. The molecule has 5 nitrogen and oxygen atoms in total. The predicted octanol–water partition coefficient (Wildman–Crippen LogP) is 2.51. The maximum absolute atomic E-state index is 12.5. The van der Waals surface area contributed by atoms with Crippen LogP contribution in [0.4, 0.5) is 0 Å². The molecule has 2 aliphatic rings. The summed E-state index contributed by atoms with van der Waals surface area (Å²) in [7, 11) is 1.69. The molecular formula is C19H28N2O3. The molecule has 2 unspecified atom stereocenters. The second-order valence-corrected chi connectivity index (χ2v) is 6.89. The lowest BCUT2D eigenvalue weighted by Crippen LogP contribution is -2.46. The molecule has 1 aromatic rings. The van der Waals surface area contributed by atoms with Gasteiger partial charge in [0.1, 0.15) is 17.6 Å². The van der Waals surface area contributed by atoms with Crippen molar-refractivity contribution in [3.05, 3.63) is 23.3 Å². The van der Waals surface area contributed by atoms with Crippen molar-refractivity contribution in [2.45, 2.75) is 58.2 Å². The van der Waals surface area contributed by atoms with E-state index in [1.54, 1.807) is 7.11 Å². The second-order valence-electron chi connectivity index (χ2n) is 6.89. The highest BCUT2D eigenvalue weighted by Gasteiger charge is 2.24. The number of methoxy groups -OCH3 is 1. The minimum absolute atomic E-state index is 0.194. The van der Waals surface area contributed by atoms with E-state index in [2.05, 4.69) is 18.3 Å². The average Bonchev–Trinajstić information content (AvgIpc) is 2.97. The molecule has 1 N–H and O–H groups in total. The Morgan fingerprint density at radius 3 is 2.83 bits per heavy atom. The molecule has 1 saturated heterocycles. The quantitative estimate of drug-likeness (QED) is 0.900. The van der Waals surface area contributed by atoms with Gasteiger partial charge in [-0.15, -0.1) is 0 Å². The van der Waals surface area contributed by atoms with Gasteiger partial charge in [-0.25, -0.2) is 0 Å². The van der Waals surface area contributed by atoms with Crippen molar-refractivity contribution in [2.24, 2.45) is 0 Å². The third-order valence-electron chi connectivity index (χ3n) is 4.94. The summed E-state index contributed by atoms with van der Waals surface area (Å²) in [4.78, 5) is 14.5. The summed E-state index contributed by atoms with van der Waals surface area (Å²) in [5, 5.41) is 3.35. The summed E-state index contributed by atoms with van der Waals surface area (Å²) < 4.78 is 11.4. The molecule has 0 radical (unpaired) electrons. The van der Waals surface area contributed by atoms with Gasteiger partial charge in [0.15, 0.2) is 0 Å². The van der Waals surface area contributed by atoms with E-state index in [4.69, 9.17) is 9.47 Å². The van der Waals surface area contributed by atoms with Gasteiger partial charge in [-0.3, -0.25) is 4.79 Å². The topological polar surface area (TPSA) is 50.8 Å². The average molecular weight is 332 g/mol. The fraction of sp³-hybridized carbons (Fsp3) is 0.632. The lowest BCUT2D eigenvalue weighted by molar-refractivity contribution is -0.133. The van der Waals surface area contributed by atoms with Gasteiger partial charge in [-0.05, 0) is 45.2 Å². The largest absolute Gasteiger partial charge is 0.496 e. The van der Waals surface area contributed by atoms with E-state index in [1.165, 1.54) is 12.0 Å². The monoisotopic (exact) mass is 332 g/mol. The first-order valence-electron chi connectivity index (χ1n) is 8.97. The predicted molar refractivity (Wildman–Crippen MR) is 93.5 cm³/mol. The lowest BCUT2D eigenvalue weighted by Gasteiger charge is -2.29. The Bertz CT molecular complexity index is 597. The van der Waals surface area contributed by atoms with E-state index >= 15 is 0 Å². The molecule has 2 atom stereocenters. The number of benzene rings is 1. The van der Waals surface area contributed by atoms with Gasteiger partial charge in [0.05, 0.1) is 13.2 Å². The fourth-order valence-corrected chi connectivity index (χ4v) is 3.55. The SMILES string of the molecule is COc1cc2c(cc1CNC(C)C(=O)N1CCCCC1)OC(C)C2. The van der Waals surface area contributed by atoms with Crippen LogP contribution < -0.4 is 14.8 Å². The zero-order valence-electron chi connectivity index (χ0n) is 14.9. The van der Waals surface area contributed by atoms with Crippen molar-refractivity contribution in [2.75, 3.05) is 20.2 Å². The molecule has 2 heterocycles. The molecule has 1 amide bonds. The maximum atomic E-state index is 12.5. The van der Waals surface area contributed by atoms with Crippen LogP contribution in [0.1, 0.15) is 44.2 Å². The van der Waals surface area contributed by atoms with Gasteiger partial charge in [0, 0.05) is 37.2 Å². The van der Waals surface area contributed by atoms with Gasteiger partial charge >= 0.3 is 0 Å². The lowest BCUT2D eigenvalue weighted by atomic mass is 10.1. The molecular weight excluding hydrogens is 304 g/mol. The number of nitrogens with one attached hydrogen (secondary N) is 1. The Morgan fingerprint density at radius 2 is 2.12 bits per heavy atom. The molecule has 0 aromatic heterocycles. The number of hydrogen-bond acceptors (Lipinski definition) is 4. The highest BCUT2D eigenvalue weighted by Crippen LogP contribution is 2.34. The van der Waals surface area contributed by atoms with Crippen LogP contribution in [-0.2, 0) is 17.8 Å². The van der Waals surface area contributed by atoms with E-state index in [1.807, 2.05) is 17.9 Å². The smallest absolute Gasteiger partial charge is 0.239 e. The van der Waals surface area contributed by atoms with Crippen molar-refractivity contribution in [1.82, 2.24) is 10.2 Å². The van der Waals surface area contributed by atoms with Crippen molar-refractivity contribution >= 4 is 5.91 Å². The third-order valence-corrected chi connectivity index (χ3v) is 4.94. The van der Waals surface area contributed by atoms with E-state index in [9.17, 15) is 4.79 Å². The minimum atomic E-state index is -0.194. The van der Waals surface area contributed by atoms with Gasteiger partial charge in [-0.2, -0.15) is 0 Å². The van der Waals surface area contributed by atoms with Crippen LogP contribution in [0.5, 0.6) is 11.5 Å². The van der Waals surface area contributed by atoms with Crippen LogP contribution in [0.25, 0.3) is 0 Å². The van der Waals surface area contributed by atoms with Crippen molar-refractivity contribution in [3.8, 4) is 11.5 Å². The number of ether oxygens (including phenoxy) is 2. The molecule has 1 fully saturated rings. The number of nitrogens with zero attached hydrogens (tertiary/aromatic N) is 1. The zero-order valence-corrected chi connectivity index (χ0v) is 14.9. The van der Waals surface area contributed by atoms with Crippen molar-refractivity contribution < 1.29 is 14.3 Å². The first-order valence-corrected chi connectivity index (χ1v) is 8.97. The summed E-state index contributed by atoms with van der Waals surface area (Å²) >= 11 is 0. The Kier molecular flexibility index (Phi) is 5.29. The molecule has 2 aliphatic heterocycles. The number of carbonyl (C=O) groups excluding carboxylic acids is 1. The molecule has 1 aromatic carbocycles. The molecule has 132 valence electrons. The molecule has 0 aliphatic carbocycles. The number of piperidine rings is 1. The van der Waals surface area contributed by atoms with Gasteiger partial charge in [0.2, 0.25) is 5.91 Å². The zero-order chi connectivity index (χ0) is 17.1. The highest BCUT2D eigenvalue weighted by atomic mass is 16.5. The summed E-state index contributed by atoms with van der Waals surface area (Å²) in [5.41, 5.74) is 2.23. The maximum Gasteiger partial charge on any atom is 0.239 e. The number of carbonyl (C=O) groups is 1. The molecule has 5 heteroatoms. The van der Waals surface area contributed by atoms with Crippen LogP contribution in [0.2, 0.25) is 0 Å². The van der Waals surface area contributed by atoms with Crippen LogP contribution in [0, 0.1) is 0 Å². The van der Waals surface area contributed by atoms with E-state index < -0.39 is 0 Å². The third kappa shape index (κ3) is 3.66. The van der Waals surface area contributed by atoms with Gasteiger partial charge in [0.25, 0.3) is 0 Å². The summed E-state index contributed by atoms with van der Waals surface area (Å²) in [6.45, 7) is 6.38. The Morgan fingerprint density at radius 1 is 1.38 bits per heavy atom. The van der Waals surface area contributed by atoms with E-state index in [0.29, 0.717) is 6.54 Å². The van der Waals surface area contributed by atoms with Crippen molar-refractivity contribution in [1.29, 1.82) is 0 Å². The van der Waals surface area contributed by atoms with E-state index in [0.717, 1.165) is 49.4 Å². The first kappa shape index (κ1) is 17.1. The van der Waals surface area contributed by atoms with Crippen LogP contribution in [0.15, 0.2) is 12.1 Å². The van der Waals surface area contributed by atoms with Crippen LogP contribution >= 0.6 is 0 Å². The van der Waals surface area contributed by atoms with Gasteiger partial charge < -0.3 is 19.7 Å². The van der Waals surface area contributed by atoms with Crippen LogP contribution in [0.3, 0.4) is 0 Å². The molecule has 0 spiro atoms. The summed E-state index contributed by atoms with van der Waals surface area (Å²) in [6, 6.07) is 3.91. The second kappa shape index (κ2) is 7.43. The normalized spacial score (nSPS) is 21.1. The number of fused-ring (bicyclic) bond motifs is 1. The van der Waals surface area contributed by atoms with Gasteiger partial charge in [-0.1, -0.05) is 0 Å². The number of likely N-dealkylation sites (tertiary alicyclic amines) is 1. The number of hydrogen-bond donors (Lipinski definition) is 1. The molecule has 24 heavy (non-hydrogen) atoms. The highest BCUT2D eigenvalue weighted by molar-refractivity contribution is 5.81. The number of rotatable bonds is 5. The standard InChI is InChI=1S/C19H28N2O3/c1-13-9-15-10-17(23-3)16(11-18(15)24-13)12-20-14(2)19(22)21-7-5-4-6-8-21/h10-11,13-14,20H,4-9,12H2,1-3H3. The Balaban J connectivity index is 1.63. The summed E-state index contributed by atoms with van der Waals surface area (Å²) in [6.07, 6.45) is 4.60. The molecule has 0 saturated carbocycles. The molecule has 3 rings (SSSR count). The van der Waals surface area contributed by atoms with Crippen LogP contribution in [-0.4, -0.2) is 43.2 Å².